The van der Waals surface area contributed by atoms with Crippen LogP contribution in [0.5, 0.6) is 0 Å². The molecule has 0 bridgehead atoms. The molecule has 1 amide bonds. The van der Waals surface area contributed by atoms with Gasteiger partial charge in [-0.1, -0.05) is 23.5 Å². The van der Waals surface area contributed by atoms with Gasteiger partial charge in [-0.25, -0.2) is 23.4 Å². The number of anilines is 1. The molecular weight excluding hydrogens is 466 g/mol. The van der Waals surface area contributed by atoms with E-state index in [4.69, 9.17) is 0 Å². The van der Waals surface area contributed by atoms with E-state index in [1.54, 1.807) is 6.07 Å². The van der Waals surface area contributed by atoms with Crippen LogP contribution in [0.2, 0.25) is 0 Å². The molecule has 0 aliphatic rings. The summed E-state index contributed by atoms with van der Waals surface area (Å²) in [5, 5.41) is 18.0. The molecule has 3 aromatic heterocycles. The average molecular weight is 478 g/mol. The lowest BCUT2D eigenvalue weighted by Crippen LogP contribution is -2.13. The van der Waals surface area contributed by atoms with E-state index >= 15 is 0 Å². The fourth-order valence-electron chi connectivity index (χ4n) is 3.25. The second-order valence-corrected chi connectivity index (χ2v) is 8.06. The Labute approximate surface area is 193 Å². The minimum Gasteiger partial charge on any atom is -0.305 e. The average Bonchev–Trinajstić information content (AvgIpc) is 3.48. The van der Waals surface area contributed by atoms with Gasteiger partial charge >= 0.3 is 5.00 Å². The van der Waals surface area contributed by atoms with Gasteiger partial charge in [-0.05, 0) is 42.5 Å². The molecule has 0 saturated heterocycles. The molecule has 0 unspecified atom stereocenters. The van der Waals surface area contributed by atoms with Crippen LogP contribution < -0.4 is 5.32 Å². The lowest BCUT2D eigenvalue weighted by Gasteiger charge is -2.09. The Morgan fingerprint density at radius 3 is 2.50 bits per heavy atom. The summed E-state index contributed by atoms with van der Waals surface area (Å²) < 4.78 is 29.3. The third kappa shape index (κ3) is 3.86. The highest BCUT2D eigenvalue weighted by molar-refractivity contribution is 7.17. The minimum absolute atomic E-state index is 0.0121. The Bertz CT molecular complexity index is 1560. The number of fused-ring (bicyclic) bond motifs is 1. The highest BCUT2D eigenvalue weighted by atomic mass is 32.1. The first-order valence-corrected chi connectivity index (χ1v) is 10.5. The standard InChI is InChI=1S/C22H12F2N6O3S/c23-12-5-7-13(8-6-12)29-21-15(11-25-29)20(26-19(27-21)14-3-1-2-4-16(14)24)28-22(31)17-9-10-18(34-17)30(32)33/h1-11H,(H,26,27,28,31). The molecule has 0 saturated carbocycles. The van der Waals surface area contributed by atoms with E-state index in [9.17, 15) is 23.7 Å². The van der Waals surface area contributed by atoms with Crippen molar-refractivity contribution in [3.05, 3.63) is 93.5 Å². The Kier molecular flexibility index (Phi) is 5.26. The Balaban J connectivity index is 1.65. The van der Waals surface area contributed by atoms with Crippen molar-refractivity contribution in [2.45, 2.75) is 0 Å². The zero-order valence-electron chi connectivity index (χ0n) is 17.0. The Morgan fingerprint density at radius 2 is 1.79 bits per heavy atom. The molecule has 1 N–H and O–H groups in total. The first kappa shape index (κ1) is 21.3. The van der Waals surface area contributed by atoms with Gasteiger partial charge in [0, 0.05) is 6.07 Å². The van der Waals surface area contributed by atoms with E-state index in [0.29, 0.717) is 22.4 Å². The topological polar surface area (TPSA) is 116 Å². The summed E-state index contributed by atoms with van der Waals surface area (Å²) in [4.78, 5) is 32.0. The van der Waals surface area contributed by atoms with E-state index in [0.717, 1.165) is 0 Å². The van der Waals surface area contributed by atoms with Gasteiger partial charge in [0.1, 0.15) is 17.5 Å². The number of hydrogen-bond donors (Lipinski definition) is 1. The van der Waals surface area contributed by atoms with Crippen molar-refractivity contribution in [3.63, 3.8) is 0 Å². The van der Waals surface area contributed by atoms with Crippen molar-refractivity contribution in [1.82, 2.24) is 19.7 Å². The van der Waals surface area contributed by atoms with E-state index < -0.39 is 22.5 Å². The van der Waals surface area contributed by atoms with Gasteiger partial charge in [-0.15, -0.1) is 0 Å². The fraction of sp³-hybridized carbons (Fsp3) is 0. The van der Waals surface area contributed by atoms with Gasteiger partial charge in [0.25, 0.3) is 5.91 Å². The SMILES string of the molecule is O=C(Nc1nc(-c2ccccc2F)nc2c1cnn2-c1ccc(F)cc1)c1ccc([N+](=O)[O-])s1. The van der Waals surface area contributed by atoms with Crippen LogP contribution in [-0.4, -0.2) is 30.6 Å². The molecule has 5 aromatic rings. The number of rotatable bonds is 5. The van der Waals surface area contributed by atoms with Crippen LogP contribution in [0.3, 0.4) is 0 Å². The highest BCUT2D eigenvalue weighted by Gasteiger charge is 2.21. The maximum atomic E-state index is 14.5. The predicted molar refractivity (Wildman–Crippen MR) is 121 cm³/mol. The number of halogens is 2. The predicted octanol–water partition coefficient (Wildman–Crippen LogP) is 4.98. The summed E-state index contributed by atoms with van der Waals surface area (Å²) in [6.45, 7) is 0. The summed E-state index contributed by atoms with van der Waals surface area (Å²) in [6, 6.07) is 13.9. The number of benzene rings is 2. The maximum absolute atomic E-state index is 14.5. The van der Waals surface area contributed by atoms with Crippen molar-refractivity contribution >= 4 is 39.1 Å². The molecule has 168 valence electrons. The molecule has 2 aromatic carbocycles. The summed E-state index contributed by atoms with van der Waals surface area (Å²) >= 11 is 0.709. The van der Waals surface area contributed by atoms with Crippen LogP contribution in [0.4, 0.5) is 19.6 Å². The first-order valence-electron chi connectivity index (χ1n) is 9.73. The second-order valence-electron chi connectivity index (χ2n) is 6.99. The van der Waals surface area contributed by atoms with Crippen molar-refractivity contribution in [2.24, 2.45) is 0 Å². The zero-order valence-corrected chi connectivity index (χ0v) is 17.8. The third-order valence-corrected chi connectivity index (χ3v) is 5.88. The largest absolute Gasteiger partial charge is 0.324 e. The number of carbonyl (C=O) groups is 1. The normalized spacial score (nSPS) is 11.0. The summed E-state index contributed by atoms with van der Waals surface area (Å²) in [6.07, 6.45) is 1.41. The van der Waals surface area contributed by atoms with E-state index in [-0.39, 0.29) is 32.7 Å². The van der Waals surface area contributed by atoms with Crippen molar-refractivity contribution in [2.75, 3.05) is 5.32 Å². The second kappa shape index (κ2) is 8.41. The van der Waals surface area contributed by atoms with Crippen molar-refractivity contribution in [3.8, 4) is 17.1 Å². The molecule has 12 heteroatoms. The Hall–Kier alpha value is -4.58. The number of carbonyl (C=O) groups excluding carboxylic acids is 1. The summed E-state index contributed by atoms with van der Waals surface area (Å²) in [7, 11) is 0. The molecule has 9 nitrogen and oxygen atoms in total. The lowest BCUT2D eigenvalue weighted by molar-refractivity contribution is -0.380. The van der Waals surface area contributed by atoms with Crippen LogP contribution >= 0.6 is 11.3 Å². The van der Waals surface area contributed by atoms with Gasteiger partial charge in [0.05, 0.1) is 32.6 Å². The van der Waals surface area contributed by atoms with E-state index in [2.05, 4.69) is 20.4 Å². The number of hydrogen-bond acceptors (Lipinski definition) is 7. The van der Waals surface area contributed by atoms with E-state index in [1.807, 2.05) is 0 Å². The van der Waals surface area contributed by atoms with Crippen LogP contribution in [0.1, 0.15) is 9.67 Å². The molecule has 0 spiro atoms. The first-order chi connectivity index (χ1) is 16.4. The summed E-state index contributed by atoms with van der Waals surface area (Å²) in [5.74, 6) is -1.60. The van der Waals surface area contributed by atoms with Gasteiger partial charge in [0.2, 0.25) is 0 Å². The molecule has 34 heavy (non-hydrogen) atoms. The molecule has 5 rings (SSSR count). The van der Waals surface area contributed by atoms with Gasteiger partial charge < -0.3 is 5.32 Å². The monoisotopic (exact) mass is 478 g/mol. The highest BCUT2D eigenvalue weighted by Crippen LogP contribution is 2.29. The minimum atomic E-state index is -0.632. The molecule has 0 radical (unpaired) electrons. The van der Waals surface area contributed by atoms with E-state index in [1.165, 1.54) is 65.5 Å². The maximum Gasteiger partial charge on any atom is 0.324 e. The molecular formula is C22H12F2N6O3S. The molecule has 0 atom stereocenters. The smallest absolute Gasteiger partial charge is 0.305 e. The lowest BCUT2D eigenvalue weighted by atomic mass is 10.2. The molecule has 0 aliphatic carbocycles. The van der Waals surface area contributed by atoms with Crippen LogP contribution in [0.25, 0.3) is 28.1 Å². The van der Waals surface area contributed by atoms with Crippen LogP contribution in [0, 0.1) is 21.7 Å². The number of thiophene rings is 1. The van der Waals surface area contributed by atoms with Crippen LogP contribution in [-0.2, 0) is 0 Å². The van der Waals surface area contributed by atoms with Crippen molar-refractivity contribution in [1.29, 1.82) is 0 Å². The number of nitrogens with zero attached hydrogens (tertiary/aromatic N) is 5. The third-order valence-electron chi connectivity index (χ3n) is 4.84. The molecule has 3 heterocycles. The van der Waals surface area contributed by atoms with Gasteiger partial charge in [-0.2, -0.15) is 5.10 Å². The molecule has 0 aliphatic heterocycles. The number of amides is 1. The molecule has 0 fully saturated rings. The fourth-order valence-corrected chi connectivity index (χ4v) is 3.97. The Morgan fingerprint density at radius 1 is 1.03 bits per heavy atom. The van der Waals surface area contributed by atoms with Gasteiger partial charge in [0.15, 0.2) is 11.5 Å². The quantitative estimate of drug-likeness (QED) is 0.281. The summed E-state index contributed by atoms with van der Waals surface area (Å²) in [5.41, 5.74) is 0.826. The number of nitro groups is 1. The van der Waals surface area contributed by atoms with Crippen LogP contribution in [0.15, 0.2) is 66.9 Å². The van der Waals surface area contributed by atoms with Crippen molar-refractivity contribution < 1.29 is 18.5 Å². The number of aromatic nitrogens is 4. The van der Waals surface area contributed by atoms with Gasteiger partial charge in [-0.3, -0.25) is 14.9 Å². The number of nitrogens with one attached hydrogen (secondary N) is 1. The zero-order chi connectivity index (χ0) is 23.8.